The minimum atomic E-state index is -4.42. The molecule has 0 fully saturated rings. The Hall–Kier alpha value is -3.02. The molecule has 0 saturated heterocycles. The van der Waals surface area contributed by atoms with Crippen molar-refractivity contribution in [1.29, 1.82) is 0 Å². The van der Waals surface area contributed by atoms with Gasteiger partial charge in [0.1, 0.15) is 5.76 Å². The molecule has 140 valence electrons. The Morgan fingerprint density at radius 1 is 1.04 bits per heavy atom. The van der Waals surface area contributed by atoms with E-state index >= 15 is 0 Å². The van der Waals surface area contributed by atoms with E-state index in [0.29, 0.717) is 11.3 Å². The number of allylic oxidation sites excluding steroid dienone is 1. The van der Waals surface area contributed by atoms with Gasteiger partial charge in [-0.3, -0.25) is 4.79 Å². The monoisotopic (exact) mass is 373 g/mol. The lowest BCUT2D eigenvalue weighted by Crippen LogP contribution is -2.34. The van der Waals surface area contributed by atoms with Gasteiger partial charge in [-0.15, -0.1) is 0 Å². The fourth-order valence-electron chi connectivity index (χ4n) is 2.99. The molecule has 0 radical (unpaired) electrons. The van der Waals surface area contributed by atoms with Crippen molar-refractivity contribution >= 4 is 23.2 Å². The van der Waals surface area contributed by atoms with Crippen LogP contribution in [-0.4, -0.2) is 23.7 Å². The van der Waals surface area contributed by atoms with E-state index in [1.807, 2.05) is 18.2 Å². The molecule has 6 heteroatoms. The SMILES string of the molecule is O=C(/C(=C(/O)CCC(F)(F)F)c1ccccc1)N1CC=Cc2ccccc21. The van der Waals surface area contributed by atoms with Crippen LogP contribution < -0.4 is 4.90 Å². The topological polar surface area (TPSA) is 40.5 Å². The quantitative estimate of drug-likeness (QED) is 0.579. The van der Waals surface area contributed by atoms with E-state index in [4.69, 9.17) is 0 Å². The first-order valence-corrected chi connectivity index (χ1v) is 8.48. The van der Waals surface area contributed by atoms with Crippen molar-refractivity contribution in [3.8, 4) is 0 Å². The zero-order chi connectivity index (χ0) is 19.4. The van der Waals surface area contributed by atoms with Crippen LogP contribution in [0, 0.1) is 0 Å². The summed E-state index contributed by atoms with van der Waals surface area (Å²) in [6.45, 7) is 0.277. The fourth-order valence-corrected chi connectivity index (χ4v) is 2.99. The van der Waals surface area contributed by atoms with Gasteiger partial charge in [0.25, 0.3) is 5.91 Å². The number of nitrogens with zero attached hydrogens (tertiary/aromatic N) is 1. The van der Waals surface area contributed by atoms with Crippen molar-refractivity contribution in [2.45, 2.75) is 19.0 Å². The van der Waals surface area contributed by atoms with Crippen molar-refractivity contribution in [3.05, 3.63) is 77.6 Å². The van der Waals surface area contributed by atoms with Crippen LogP contribution in [0.5, 0.6) is 0 Å². The summed E-state index contributed by atoms with van der Waals surface area (Å²) in [6, 6.07) is 15.5. The number of benzene rings is 2. The molecule has 3 nitrogen and oxygen atoms in total. The van der Waals surface area contributed by atoms with Crippen LogP contribution >= 0.6 is 0 Å². The first-order chi connectivity index (χ1) is 12.9. The molecule has 0 bridgehead atoms. The largest absolute Gasteiger partial charge is 0.511 e. The second-order valence-corrected chi connectivity index (χ2v) is 6.18. The number of para-hydroxylation sites is 1. The van der Waals surface area contributed by atoms with Gasteiger partial charge in [0, 0.05) is 13.0 Å². The Balaban J connectivity index is 2.01. The number of fused-ring (bicyclic) bond motifs is 1. The molecule has 0 aromatic heterocycles. The Bertz CT molecular complexity index is 886. The van der Waals surface area contributed by atoms with E-state index < -0.39 is 30.7 Å². The van der Waals surface area contributed by atoms with Gasteiger partial charge in [0.2, 0.25) is 0 Å². The van der Waals surface area contributed by atoms with E-state index in [9.17, 15) is 23.1 Å². The summed E-state index contributed by atoms with van der Waals surface area (Å²) >= 11 is 0. The third-order valence-electron chi connectivity index (χ3n) is 4.27. The Kier molecular flexibility index (Phi) is 5.35. The molecule has 2 aromatic rings. The van der Waals surface area contributed by atoms with Crippen molar-refractivity contribution in [2.24, 2.45) is 0 Å². The van der Waals surface area contributed by atoms with Crippen LogP contribution in [0.2, 0.25) is 0 Å². The number of halogens is 3. The molecule has 27 heavy (non-hydrogen) atoms. The molecular weight excluding hydrogens is 355 g/mol. The molecule has 1 aliphatic heterocycles. The number of aliphatic hydroxyl groups is 1. The van der Waals surface area contributed by atoms with Gasteiger partial charge in [-0.05, 0) is 17.2 Å². The zero-order valence-electron chi connectivity index (χ0n) is 14.4. The summed E-state index contributed by atoms with van der Waals surface area (Å²) in [5, 5.41) is 10.4. The number of hydrogen-bond donors (Lipinski definition) is 1. The van der Waals surface area contributed by atoms with Crippen LogP contribution in [0.1, 0.15) is 24.0 Å². The molecule has 0 aliphatic carbocycles. The maximum Gasteiger partial charge on any atom is 0.389 e. The predicted octanol–water partition coefficient (Wildman–Crippen LogP) is 5.36. The normalized spacial score (nSPS) is 14.6. The Labute approximate surface area is 155 Å². The molecular formula is C21H18F3NO2. The van der Waals surface area contributed by atoms with E-state index in [-0.39, 0.29) is 12.1 Å². The summed E-state index contributed by atoms with van der Waals surface area (Å²) in [4.78, 5) is 14.7. The maximum atomic E-state index is 13.2. The van der Waals surface area contributed by atoms with Crippen LogP contribution in [0.25, 0.3) is 11.6 Å². The Morgan fingerprint density at radius 2 is 1.70 bits per heavy atom. The van der Waals surface area contributed by atoms with Crippen molar-refractivity contribution in [2.75, 3.05) is 11.4 Å². The average Bonchev–Trinajstić information content (AvgIpc) is 2.66. The van der Waals surface area contributed by atoms with Gasteiger partial charge in [-0.25, -0.2) is 0 Å². The molecule has 2 aromatic carbocycles. The number of hydrogen-bond acceptors (Lipinski definition) is 2. The third kappa shape index (κ3) is 4.39. The highest BCUT2D eigenvalue weighted by Crippen LogP contribution is 2.32. The van der Waals surface area contributed by atoms with Crippen LogP contribution in [-0.2, 0) is 4.79 Å². The van der Waals surface area contributed by atoms with Gasteiger partial charge < -0.3 is 10.0 Å². The summed E-state index contributed by atoms with van der Waals surface area (Å²) in [5.74, 6) is -1.09. The summed E-state index contributed by atoms with van der Waals surface area (Å²) in [7, 11) is 0. The van der Waals surface area contributed by atoms with Gasteiger partial charge in [0.15, 0.2) is 0 Å². The maximum absolute atomic E-state index is 13.2. The smallest absolute Gasteiger partial charge is 0.389 e. The van der Waals surface area contributed by atoms with Crippen LogP contribution in [0.3, 0.4) is 0 Å². The molecule has 0 atom stereocenters. The van der Waals surface area contributed by atoms with Crippen molar-refractivity contribution in [3.63, 3.8) is 0 Å². The van der Waals surface area contributed by atoms with Gasteiger partial charge >= 0.3 is 6.18 Å². The van der Waals surface area contributed by atoms with Gasteiger partial charge in [0.05, 0.1) is 17.7 Å². The number of alkyl halides is 3. The second-order valence-electron chi connectivity index (χ2n) is 6.18. The number of aliphatic hydroxyl groups excluding tert-OH is 1. The fraction of sp³-hybridized carbons (Fsp3) is 0.190. The van der Waals surface area contributed by atoms with E-state index in [1.165, 1.54) is 4.90 Å². The molecule has 3 rings (SSSR count). The number of rotatable bonds is 4. The van der Waals surface area contributed by atoms with E-state index in [1.54, 1.807) is 48.5 Å². The Morgan fingerprint density at radius 3 is 2.41 bits per heavy atom. The molecule has 1 heterocycles. The van der Waals surface area contributed by atoms with Crippen molar-refractivity contribution in [1.82, 2.24) is 0 Å². The summed E-state index contributed by atoms with van der Waals surface area (Å²) in [5.41, 5.74) is 1.76. The number of amides is 1. The number of carbonyl (C=O) groups is 1. The molecule has 0 saturated carbocycles. The zero-order valence-corrected chi connectivity index (χ0v) is 14.4. The van der Waals surface area contributed by atoms with Crippen molar-refractivity contribution < 1.29 is 23.1 Å². The van der Waals surface area contributed by atoms with Gasteiger partial charge in [-0.1, -0.05) is 60.7 Å². The second kappa shape index (κ2) is 7.70. The first kappa shape index (κ1) is 18.8. The number of carbonyl (C=O) groups excluding carboxylic acids is 1. The third-order valence-corrected chi connectivity index (χ3v) is 4.27. The molecule has 0 unspecified atom stereocenters. The summed E-state index contributed by atoms with van der Waals surface area (Å²) < 4.78 is 37.8. The molecule has 0 spiro atoms. The van der Waals surface area contributed by atoms with E-state index in [2.05, 4.69) is 0 Å². The minimum absolute atomic E-state index is 0.107. The van der Waals surface area contributed by atoms with Crippen LogP contribution in [0.4, 0.5) is 18.9 Å². The summed E-state index contributed by atoms with van der Waals surface area (Å²) in [6.07, 6.45) is -2.58. The minimum Gasteiger partial charge on any atom is -0.511 e. The highest BCUT2D eigenvalue weighted by atomic mass is 19.4. The average molecular weight is 373 g/mol. The lowest BCUT2D eigenvalue weighted by molar-refractivity contribution is -0.135. The lowest BCUT2D eigenvalue weighted by Gasteiger charge is -2.27. The number of anilines is 1. The van der Waals surface area contributed by atoms with Gasteiger partial charge in [-0.2, -0.15) is 13.2 Å². The van der Waals surface area contributed by atoms with E-state index in [0.717, 1.165) is 5.56 Å². The highest BCUT2D eigenvalue weighted by Gasteiger charge is 2.30. The molecule has 1 aliphatic rings. The highest BCUT2D eigenvalue weighted by molar-refractivity contribution is 6.27. The molecule has 1 N–H and O–H groups in total. The first-order valence-electron chi connectivity index (χ1n) is 8.48. The predicted molar refractivity (Wildman–Crippen MR) is 99.1 cm³/mol. The molecule has 1 amide bonds. The lowest BCUT2D eigenvalue weighted by atomic mass is 9.99. The standard InChI is InChI=1S/C21H18F3NO2/c22-21(23,24)13-12-18(26)19(16-8-2-1-3-9-16)20(27)25-14-6-10-15-7-4-5-11-17(15)25/h1-11,26H,12-14H2/b19-18+. The van der Waals surface area contributed by atoms with Crippen LogP contribution in [0.15, 0.2) is 66.4 Å².